The Kier molecular flexibility index (Phi) is 2.77. The molecule has 17 heavy (non-hydrogen) atoms. The molecule has 3 atom stereocenters. The fourth-order valence-corrected chi connectivity index (χ4v) is 3.69. The number of hydrogen-bond acceptors (Lipinski definition) is 3. The summed E-state index contributed by atoms with van der Waals surface area (Å²) < 4.78 is 0. The van der Waals surface area contributed by atoms with E-state index >= 15 is 0 Å². The molecule has 2 aliphatic rings. The lowest BCUT2D eigenvalue weighted by atomic mass is 9.85. The maximum Gasteiger partial charge on any atom is 0.132 e. The van der Waals surface area contributed by atoms with Crippen molar-refractivity contribution in [1.82, 2.24) is 9.97 Å². The summed E-state index contributed by atoms with van der Waals surface area (Å²) in [5, 5.41) is 0. The fraction of sp³-hybridized carbons (Fsp3) is 0.714. The second-order valence-electron chi connectivity index (χ2n) is 5.62. The Hall–Kier alpha value is -1.12. The van der Waals surface area contributed by atoms with E-state index in [0.29, 0.717) is 6.04 Å². The van der Waals surface area contributed by atoms with Crippen molar-refractivity contribution in [2.45, 2.75) is 58.0 Å². The van der Waals surface area contributed by atoms with Gasteiger partial charge in [0.25, 0.3) is 0 Å². The molecule has 1 saturated heterocycles. The fourth-order valence-electron chi connectivity index (χ4n) is 3.69. The van der Waals surface area contributed by atoms with Crippen LogP contribution in [0.4, 0.5) is 5.82 Å². The first-order valence-corrected chi connectivity index (χ1v) is 6.82. The zero-order chi connectivity index (χ0) is 11.8. The molecule has 1 aliphatic heterocycles. The number of fused-ring (bicyclic) bond motifs is 1. The number of nitrogens with zero attached hydrogens (tertiary/aromatic N) is 3. The van der Waals surface area contributed by atoms with Crippen molar-refractivity contribution in [3.63, 3.8) is 0 Å². The van der Waals surface area contributed by atoms with Crippen LogP contribution in [0.2, 0.25) is 0 Å². The largest absolute Gasteiger partial charge is 0.351 e. The Bertz CT molecular complexity index is 404. The van der Waals surface area contributed by atoms with Crippen LogP contribution in [0.25, 0.3) is 0 Å². The second kappa shape index (κ2) is 4.28. The minimum absolute atomic E-state index is 0.636. The van der Waals surface area contributed by atoms with Crippen LogP contribution >= 0.6 is 0 Å². The van der Waals surface area contributed by atoms with Gasteiger partial charge in [0.05, 0.1) is 0 Å². The van der Waals surface area contributed by atoms with Gasteiger partial charge in [-0.1, -0.05) is 12.8 Å². The van der Waals surface area contributed by atoms with Crippen LogP contribution in [0.5, 0.6) is 0 Å². The molecule has 1 aromatic heterocycles. The molecule has 0 bridgehead atoms. The highest BCUT2D eigenvalue weighted by molar-refractivity contribution is 5.43. The topological polar surface area (TPSA) is 29.0 Å². The van der Waals surface area contributed by atoms with Crippen LogP contribution in [0, 0.1) is 12.8 Å². The third-order valence-corrected chi connectivity index (χ3v) is 4.40. The van der Waals surface area contributed by atoms with Gasteiger partial charge < -0.3 is 4.90 Å². The van der Waals surface area contributed by atoms with Crippen molar-refractivity contribution in [2.75, 3.05) is 4.90 Å². The Labute approximate surface area is 103 Å². The number of aryl methyl sites for hydroxylation is 1. The first kappa shape index (κ1) is 11.0. The smallest absolute Gasteiger partial charge is 0.132 e. The highest BCUT2D eigenvalue weighted by Gasteiger charge is 2.40. The minimum atomic E-state index is 0.636. The zero-order valence-corrected chi connectivity index (χ0v) is 10.8. The van der Waals surface area contributed by atoms with E-state index in [1.165, 1.54) is 32.1 Å². The summed E-state index contributed by atoms with van der Waals surface area (Å²) in [6.07, 6.45) is 8.61. The molecular weight excluding hydrogens is 210 g/mol. The average Bonchev–Trinajstić information content (AvgIpc) is 2.64. The van der Waals surface area contributed by atoms with E-state index in [1.54, 1.807) is 6.33 Å². The van der Waals surface area contributed by atoms with E-state index in [0.717, 1.165) is 23.5 Å². The lowest BCUT2D eigenvalue weighted by molar-refractivity contribution is 0.341. The van der Waals surface area contributed by atoms with E-state index in [-0.39, 0.29) is 0 Å². The summed E-state index contributed by atoms with van der Waals surface area (Å²) >= 11 is 0. The third kappa shape index (κ3) is 1.92. The van der Waals surface area contributed by atoms with Gasteiger partial charge in [-0.05, 0) is 39.0 Å². The van der Waals surface area contributed by atoms with E-state index < -0.39 is 0 Å². The molecule has 3 rings (SSSR count). The molecule has 2 fully saturated rings. The van der Waals surface area contributed by atoms with Crippen molar-refractivity contribution >= 4 is 5.82 Å². The van der Waals surface area contributed by atoms with Crippen molar-refractivity contribution in [1.29, 1.82) is 0 Å². The summed E-state index contributed by atoms with van der Waals surface area (Å²) in [5.74, 6) is 2.04. The van der Waals surface area contributed by atoms with Crippen LogP contribution in [-0.2, 0) is 0 Å². The van der Waals surface area contributed by atoms with Crippen molar-refractivity contribution in [3.05, 3.63) is 18.1 Å². The van der Waals surface area contributed by atoms with Gasteiger partial charge in [-0.25, -0.2) is 9.97 Å². The molecule has 0 amide bonds. The molecule has 92 valence electrons. The summed E-state index contributed by atoms with van der Waals surface area (Å²) in [6.45, 7) is 4.39. The van der Waals surface area contributed by atoms with Gasteiger partial charge in [0.1, 0.15) is 12.1 Å². The van der Waals surface area contributed by atoms with Crippen LogP contribution < -0.4 is 4.90 Å². The maximum atomic E-state index is 4.48. The van der Waals surface area contributed by atoms with E-state index in [2.05, 4.69) is 27.9 Å². The maximum absolute atomic E-state index is 4.48. The Morgan fingerprint density at radius 1 is 1.24 bits per heavy atom. The molecule has 3 heteroatoms. The first-order chi connectivity index (χ1) is 8.25. The average molecular weight is 231 g/mol. The number of aromatic nitrogens is 2. The molecule has 3 unspecified atom stereocenters. The van der Waals surface area contributed by atoms with Crippen molar-refractivity contribution in [2.24, 2.45) is 5.92 Å². The van der Waals surface area contributed by atoms with Gasteiger partial charge >= 0.3 is 0 Å². The van der Waals surface area contributed by atoms with Gasteiger partial charge in [-0.3, -0.25) is 0 Å². The van der Waals surface area contributed by atoms with E-state index in [4.69, 9.17) is 0 Å². The normalized spacial score (nSPS) is 32.6. The molecule has 1 saturated carbocycles. The zero-order valence-electron chi connectivity index (χ0n) is 10.8. The van der Waals surface area contributed by atoms with Crippen LogP contribution in [0.1, 0.15) is 44.7 Å². The molecule has 3 nitrogen and oxygen atoms in total. The Morgan fingerprint density at radius 3 is 2.88 bits per heavy atom. The van der Waals surface area contributed by atoms with Crippen molar-refractivity contribution in [3.8, 4) is 0 Å². The molecular formula is C14H21N3. The molecule has 1 aromatic rings. The first-order valence-electron chi connectivity index (χ1n) is 6.82. The lowest BCUT2D eigenvalue weighted by Crippen LogP contribution is -2.38. The molecule has 1 aliphatic carbocycles. The van der Waals surface area contributed by atoms with Crippen LogP contribution in [0.3, 0.4) is 0 Å². The number of anilines is 1. The van der Waals surface area contributed by atoms with Crippen LogP contribution in [0.15, 0.2) is 12.4 Å². The highest BCUT2D eigenvalue weighted by atomic mass is 15.3. The lowest BCUT2D eigenvalue weighted by Gasteiger charge is -2.34. The summed E-state index contributed by atoms with van der Waals surface area (Å²) in [6, 6.07) is 3.50. The van der Waals surface area contributed by atoms with Gasteiger partial charge in [-0.2, -0.15) is 0 Å². The monoisotopic (exact) mass is 231 g/mol. The predicted octanol–water partition coefficient (Wildman–Crippen LogP) is 2.94. The molecule has 0 spiro atoms. The SMILES string of the molecule is Cc1cc(N2C(C)CC3CCCCC32)ncn1. The van der Waals surface area contributed by atoms with Crippen molar-refractivity contribution < 1.29 is 0 Å². The van der Waals surface area contributed by atoms with E-state index in [1.807, 2.05) is 6.92 Å². The number of rotatable bonds is 1. The summed E-state index contributed by atoms with van der Waals surface area (Å²) in [5.41, 5.74) is 1.07. The minimum Gasteiger partial charge on any atom is -0.351 e. The predicted molar refractivity (Wildman–Crippen MR) is 69.1 cm³/mol. The quantitative estimate of drug-likeness (QED) is 0.744. The summed E-state index contributed by atoms with van der Waals surface area (Å²) in [7, 11) is 0. The standard InChI is InChI=1S/C14H21N3/c1-10-7-14(16-9-15-10)17-11(2)8-12-5-3-4-6-13(12)17/h7,9,11-13H,3-6,8H2,1-2H3. The molecule has 0 aromatic carbocycles. The summed E-state index contributed by atoms with van der Waals surface area (Å²) in [4.78, 5) is 11.2. The van der Waals surface area contributed by atoms with Gasteiger partial charge in [0, 0.05) is 23.8 Å². The van der Waals surface area contributed by atoms with Gasteiger partial charge in [-0.15, -0.1) is 0 Å². The third-order valence-electron chi connectivity index (χ3n) is 4.40. The van der Waals surface area contributed by atoms with Gasteiger partial charge in [0.2, 0.25) is 0 Å². The number of hydrogen-bond donors (Lipinski definition) is 0. The van der Waals surface area contributed by atoms with E-state index in [9.17, 15) is 0 Å². The molecule has 2 heterocycles. The Balaban J connectivity index is 1.90. The Morgan fingerprint density at radius 2 is 2.06 bits per heavy atom. The molecule has 0 N–H and O–H groups in total. The second-order valence-corrected chi connectivity index (χ2v) is 5.62. The highest BCUT2D eigenvalue weighted by Crippen LogP contribution is 2.41. The van der Waals surface area contributed by atoms with Gasteiger partial charge in [0.15, 0.2) is 0 Å². The molecule has 0 radical (unpaired) electrons. The van der Waals surface area contributed by atoms with Crippen LogP contribution in [-0.4, -0.2) is 22.1 Å².